The number of halogens is 1. The van der Waals surface area contributed by atoms with Crippen molar-refractivity contribution < 1.29 is 14.3 Å². The standard InChI is InChI=1S/C21H24ClNO3/c1-3-4-5-13-26-19-11-9-16(14-20(19)25-2)10-12-21(24)23-18-8-6-7-17(22)15-18/h6-12,14-15H,3-5,13H2,1-2H3,(H,23,24). The van der Waals surface area contributed by atoms with E-state index in [1.54, 1.807) is 37.5 Å². The smallest absolute Gasteiger partial charge is 0.248 e. The second kappa shape index (κ2) is 10.5. The Kier molecular flexibility index (Phi) is 8.03. The van der Waals surface area contributed by atoms with Gasteiger partial charge in [0.25, 0.3) is 0 Å². The van der Waals surface area contributed by atoms with Crippen LogP contribution in [0.4, 0.5) is 5.69 Å². The molecule has 0 radical (unpaired) electrons. The van der Waals surface area contributed by atoms with Crippen LogP contribution in [0.5, 0.6) is 11.5 Å². The Morgan fingerprint density at radius 1 is 1.15 bits per heavy atom. The highest BCUT2D eigenvalue weighted by Crippen LogP contribution is 2.28. The fourth-order valence-corrected chi connectivity index (χ4v) is 2.55. The van der Waals surface area contributed by atoms with Crippen LogP contribution in [0.3, 0.4) is 0 Å². The van der Waals surface area contributed by atoms with E-state index < -0.39 is 0 Å². The van der Waals surface area contributed by atoms with Gasteiger partial charge >= 0.3 is 0 Å². The summed E-state index contributed by atoms with van der Waals surface area (Å²) in [6, 6.07) is 12.6. The maximum atomic E-state index is 12.0. The topological polar surface area (TPSA) is 47.6 Å². The summed E-state index contributed by atoms with van der Waals surface area (Å²) < 4.78 is 11.1. The summed E-state index contributed by atoms with van der Waals surface area (Å²) in [7, 11) is 1.60. The molecule has 138 valence electrons. The van der Waals surface area contributed by atoms with Crippen LogP contribution in [0.2, 0.25) is 5.02 Å². The molecule has 2 aromatic carbocycles. The first kappa shape index (κ1) is 19.9. The molecule has 26 heavy (non-hydrogen) atoms. The van der Waals surface area contributed by atoms with Crippen molar-refractivity contribution in [1.29, 1.82) is 0 Å². The van der Waals surface area contributed by atoms with Crippen molar-refractivity contribution >= 4 is 29.3 Å². The van der Waals surface area contributed by atoms with Gasteiger partial charge in [-0.3, -0.25) is 4.79 Å². The predicted octanol–water partition coefficient (Wildman–Crippen LogP) is 5.57. The van der Waals surface area contributed by atoms with Crippen LogP contribution in [0, 0.1) is 0 Å². The van der Waals surface area contributed by atoms with Crippen molar-refractivity contribution in [3.8, 4) is 11.5 Å². The van der Waals surface area contributed by atoms with E-state index in [-0.39, 0.29) is 5.91 Å². The number of anilines is 1. The Labute approximate surface area is 159 Å². The van der Waals surface area contributed by atoms with E-state index in [2.05, 4.69) is 12.2 Å². The molecule has 0 aliphatic carbocycles. The van der Waals surface area contributed by atoms with Gasteiger partial charge in [-0.05, 0) is 48.4 Å². The fourth-order valence-electron chi connectivity index (χ4n) is 2.36. The van der Waals surface area contributed by atoms with Crippen molar-refractivity contribution in [3.63, 3.8) is 0 Å². The molecule has 1 amide bonds. The molecule has 0 bridgehead atoms. The highest BCUT2D eigenvalue weighted by Gasteiger charge is 2.05. The van der Waals surface area contributed by atoms with Crippen molar-refractivity contribution in [3.05, 3.63) is 59.1 Å². The number of nitrogens with one attached hydrogen (secondary N) is 1. The van der Waals surface area contributed by atoms with Gasteiger partial charge in [-0.25, -0.2) is 0 Å². The maximum absolute atomic E-state index is 12.0. The van der Waals surface area contributed by atoms with Crippen molar-refractivity contribution in [2.75, 3.05) is 19.0 Å². The molecule has 0 saturated heterocycles. The zero-order valence-electron chi connectivity index (χ0n) is 15.1. The number of carbonyl (C=O) groups excluding carboxylic acids is 1. The highest BCUT2D eigenvalue weighted by atomic mass is 35.5. The molecule has 0 aromatic heterocycles. The first-order valence-corrected chi connectivity index (χ1v) is 9.05. The van der Waals surface area contributed by atoms with Gasteiger partial charge in [0.1, 0.15) is 0 Å². The minimum atomic E-state index is -0.230. The predicted molar refractivity (Wildman–Crippen MR) is 107 cm³/mol. The number of carbonyl (C=O) groups is 1. The van der Waals surface area contributed by atoms with E-state index in [4.69, 9.17) is 21.1 Å². The average molecular weight is 374 g/mol. The quantitative estimate of drug-likeness (QED) is 0.461. The molecular formula is C21H24ClNO3. The largest absolute Gasteiger partial charge is 0.493 e. The average Bonchev–Trinajstić information content (AvgIpc) is 2.64. The molecular weight excluding hydrogens is 350 g/mol. The summed E-state index contributed by atoms with van der Waals surface area (Å²) in [6.45, 7) is 2.83. The summed E-state index contributed by atoms with van der Waals surface area (Å²) in [5.74, 6) is 1.13. The van der Waals surface area contributed by atoms with E-state index in [1.807, 2.05) is 18.2 Å². The Morgan fingerprint density at radius 3 is 2.73 bits per heavy atom. The van der Waals surface area contributed by atoms with E-state index in [0.717, 1.165) is 24.8 Å². The number of hydrogen-bond acceptors (Lipinski definition) is 3. The van der Waals surface area contributed by atoms with Gasteiger partial charge in [0, 0.05) is 16.8 Å². The molecule has 0 unspecified atom stereocenters. The van der Waals surface area contributed by atoms with Crippen LogP contribution in [0.15, 0.2) is 48.5 Å². The molecule has 2 aromatic rings. The van der Waals surface area contributed by atoms with E-state index in [0.29, 0.717) is 28.8 Å². The number of ether oxygens (including phenoxy) is 2. The first-order valence-electron chi connectivity index (χ1n) is 8.68. The lowest BCUT2D eigenvalue weighted by Gasteiger charge is -2.11. The lowest BCUT2D eigenvalue weighted by molar-refractivity contribution is -0.111. The summed E-state index contributed by atoms with van der Waals surface area (Å²) in [5.41, 5.74) is 1.50. The zero-order valence-corrected chi connectivity index (χ0v) is 15.9. The normalized spacial score (nSPS) is 10.7. The third-order valence-corrected chi connectivity index (χ3v) is 3.95. The van der Waals surface area contributed by atoms with Gasteiger partial charge in [-0.1, -0.05) is 43.5 Å². The van der Waals surface area contributed by atoms with Gasteiger partial charge < -0.3 is 14.8 Å². The molecule has 0 aliphatic rings. The second-order valence-electron chi connectivity index (χ2n) is 5.80. The molecule has 0 saturated carbocycles. The Morgan fingerprint density at radius 2 is 2.00 bits per heavy atom. The molecule has 0 aliphatic heterocycles. The van der Waals surface area contributed by atoms with Crippen molar-refractivity contribution in [2.24, 2.45) is 0 Å². The van der Waals surface area contributed by atoms with Crippen LogP contribution < -0.4 is 14.8 Å². The maximum Gasteiger partial charge on any atom is 0.248 e. The summed E-state index contributed by atoms with van der Waals surface area (Å²) in [5, 5.41) is 3.34. The number of rotatable bonds is 9. The Hall–Kier alpha value is -2.46. The molecule has 4 nitrogen and oxygen atoms in total. The summed E-state index contributed by atoms with van der Waals surface area (Å²) in [4.78, 5) is 12.0. The van der Waals surface area contributed by atoms with Gasteiger partial charge in [0.05, 0.1) is 13.7 Å². The first-order chi connectivity index (χ1) is 12.6. The van der Waals surface area contributed by atoms with E-state index in [1.165, 1.54) is 6.08 Å². The number of amides is 1. The Bertz CT molecular complexity index is 759. The lowest BCUT2D eigenvalue weighted by Crippen LogP contribution is -2.07. The molecule has 2 rings (SSSR count). The lowest BCUT2D eigenvalue weighted by atomic mass is 10.2. The third-order valence-electron chi connectivity index (χ3n) is 3.71. The monoisotopic (exact) mass is 373 g/mol. The molecule has 0 fully saturated rings. The highest BCUT2D eigenvalue weighted by molar-refractivity contribution is 6.30. The van der Waals surface area contributed by atoms with Crippen LogP contribution in [0.25, 0.3) is 6.08 Å². The number of hydrogen-bond donors (Lipinski definition) is 1. The van der Waals surface area contributed by atoms with Crippen LogP contribution in [-0.4, -0.2) is 19.6 Å². The van der Waals surface area contributed by atoms with Gasteiger partial charge in [0.15, 0.2) is 11.5 Å². The van der Waals surface area contributed by atoms with Gasteiger partial charge in [-0.15, -0.1) is 0 Å². The van der Waals surface area contributed by atoms with Crippen LogP contribution in [-0.2, 0) is 4.79 Å². The second-order valence-corrected chi connectivity index (χ2v) is 6.24. The summed E-state index contributed by atoms with van der Waals surface area (Å²) >= 11 is 5.91. The Balaban J connectivity index is 1.97. The van der Waals surface area contributed by atoms with Gasteiger partial charge in [-0.2, -0.15) is 0 Å². The molecule has 0 atom stereocenters. The van der Waals surface area contributed by atoms with Crippen LogP contribution >= 0.6 is 11.6 Å². The van der Waals surface area contributed by atoms with Crippen LogP contribution in [0.1, 0.15) is 31.7 Å². The number of benzene rings is 2. The minimum absolute atomic E-state index is 0.230. The van der Waals surface area contributed by atoms with Gasteiger partial charge in [0.2, 0.25) is 5.91 Å². The molecule has 0 heterocycles. The van der Waals surface area contributed by atoms with Crippen molar-refractivity contribution in [2.45, 2.75) is 26.2 Å². The minimum Gasteiger partial charge on any atom is -0.493 e. The SMILES string of the molecule is CCCCCOc1ccc(C=CC(=O)Nc2cccc(Cl)c2)cc1OC. The zero-order chi connectivity index (χ0) is 18.8. The molecule has 0 spiro atoms. The molecule has 1 N–H and O–H groups in total. The number of unbranched alkanes of at least 4 members (excludes halogenated alkanes) is 2. The van der Waals surface area contributed by atoms with E-state index >= 15 is 0 Å². The third kappa shape index (κ3) is 6.45. The fraction of sp³-hybridized carbons (Fsp3) is 0.286. The number of methoxy groups -OCH3 is 1. The summed E-state index contributed by atoms with van der Waals surface area (Å²) in [6.07, 6.45) is 6.51. The van der Waals surface area contributed by atoms with Crippen molar-refractivity contribution in [1.82, 2.24) is 0 Å². The molecule has 5 heteroatoms. The van der Waals surface area contributed by atoms with E-state index in [9.17, 15) is 4.79 Å².